The molecule has 0 amide bonds. The number of halogens is 4. The monoisotopic (exact) mass is 510 g/mol. The summed E-state index contributed by atoms with van der Waals surface area (Å²) in [5.74, 6) is -3.61. The number of benzene rings is 2. The molecular weight excluding hydrogens is 492 g/mol. The third-order valence-corrected chi connectivity index (χ3v) is 6.89. The fourth-order valence-electron chi connectivity index (χ4n) is 3.27. The Morgan fingerprint density at radius 1 is 1.06 bits per heavy atom. The van der Waals surface area contributed by atoms with Crippen molar-refractivity contribution in [2.45, 2.75) is 23.9 Å². The molecule has 3 aromatic rings. The van der Waals surface area contributed by atoms with Crippen molar-refractivity contribution in [3.63, 3.8) is 0 Å². The predicted octanol–water partition coefficient (Wildman–Crippen LogP) is 3.95. The van der Waals surface area contributed by atoms with Gasteiger partial charge in [-0.05, 0) is 40.9 Å². The molecule has 4 rings (SSSR count). The average Bonchev–Trinajstić information content (AvgIpc) is 3.63. The highest BCUT2D eigenvalue weighted by Crippen LogP contribution is 2.36. The zero-order valence-electron chi connectivity index (χ0n) is 17.9. The van der Waals surface area contributed by atoms with Crippen molar-refractivity contribution in [2.24, 2.45) is 5.92 Å². The number of carbonyl (C=O) groups excluding carboxylic acids is 1. The Hall–Kier alpha value is -3.58. The van der Waals surface area contributed by atoms with Crippen LogP contribution in [0.1, 0.15) is 12.8 Å². The summed E-state index contributed by atoms with van der Waals surface area (Å²) in [6.07, 6.45) is -1.58. The molecule has 1 aliphatic rings. The molecule has 35 heavy (non-hydrogen) atoms. The van der Waals surface area contributed by atoms with Gasteiger partial charge in [-0.2, -0.15) is 13.2 Å². The highest BCUT2D eigenvalue weighted by Gasteiger charge is 2.46. The van der Waals surface area contributed by atoms with Gasteiger partial charge in [0.15, 0.2) is 0 Å². The van der Waals surface area contributed by atoms with Crippen LogP contribution < -0.4 is 5.73 Å². The molecule has 1 fully saturated rings. The number of carbonyl (C=O) groups is 1. The lowest BCUT2D eigenvalue weighted by molar-refractivity contribution is -0.223. The molecule has 184 valence electrons. The summed E-state index contributed by atoms with van der Waals surface area (Å²) in [6.45, 7) is -0.428. The van der Waals surface area contributed by atoms with Crippen molar-refractivity contribution in [1.29, 1.82) is 0 Å². The Balaban J connectivity index is 1.72. The number of nitrogens with zero attached hydrogens (tertiary/aromatic N) is 3. The first-order valence-electron chi connectivity index (χ1n) is 10.3. The number of anilines is 1. The van der Waals surface area contributed by atoms with E-state index in [1.54, 1.807) is 0 Å². The van der Waals surface area contributed by atoms with E-state index < -0.39 is 39.4 Å². The summed E-state index contributed by atoms with van der Waals surface area (Å²) < 4.78 is 80.0. The summed E-state index contributed by atoms with van der Waals surface area (Å²) in [5, 5.41) is 0. The fraction of sp³-hybridized carbons (Fsp3) is 0.227. The minimum absolute atomic E-state index is 0.00638. The van der Waals surface area contributed by atoms with Crippen LogP contribution >= 0.6 is 0 Å². The van der Waals surface area contributed by atoms with Crippen LogP contribution in [0.2, 0.25) is 0 Å². The van der Waals surface area contributed by atoms with Gasteiger partial charge >= 0.3 is 12.1 Å². The van der Waals surface area contributed by atoms with Crippen molar-refractivity contribution in [1.82, 2.24) is 14.4 Å². The lowest BCUT2D eigenvalue weighted by Gasteiger charge is -2.22. The van der Waals surface area contributed by atoms with E-state index in [-0.39, 0.29) is 33.0 Å². The van der Waals surface area contributed by atoms with Gasteiger partial charge < -0.3 is 10.6 Å². The summed E-state index contributed by atoms with van der Waals surface area (Å²) >= 11 is 0. The molecule has 0 radical (unpaired) electrons. The van der Waals surface area contributed by atoms with Crippen molar-refractivity contribution < 1.29 is 35.6 Å². The van der Waals surface area contributed by atoms with Gasteiger partial charge in [0.1, 0.15) is 5.82 Å². The van der Waals surface area contributed by atoms with E-state index in [1.807, 2.05) is 0 Å². The number of nitrogens with two attached hydrogens (primary N) is 1. The number of hydroxylamine groups is 1. The van der Waals surface area contributed by atoms with Crippen molar-refractivity contribution in [2.75, 3.05) is 12.3 Å². The maximum absolute atomic E-state index is 15.0. The Bertz CT molecular complexity index is 1360. The second-order valence-electron chi connectivity index (χ2n) is 7.83. The summed E-state index contributed by atoms with van der Waals surface area (Å²) in [6, 6.07) is 9.26. The van der Waals surface area contributed by atoms with Gasteiger partial charge in [-0.1, -0.05) is 30.3 Å². The summed E-state index contributed by atoms with van der Waals surface area (Å²) in [4.78, 5) is 22.9. The summed E-state index contributed by atoms with van der Waals surface area (Å²) in [5.41, 5.74) is 6.05. The molecular formula is C22H18F4N4O4S. The average molecular weight is 510 g/mol. The van der Waals surface area contributed by atoms with Crippen molar-refractivity contribution in [3.05, 3.63) is 60.7 Å². The largest absolute Gasteiger partial charge is 0.492 e. The van der Waals surface area contributed by atoms with Gasteiger partial charge in [0.05, 0.1) is 11.4 Å². The fourth-order valence-corrected chi connectivity index (χ4v) is 4.78. The Labute approximate surface area is 197 Å². The number of aromatic nitrogens is 2. The first kappa shape index (κ1) is 24.5. The van der Waals surface area contributed by atoms with Crippen molar-refractivity contribution >= 4 is 21.9 Å². The lowest BCUT2D eigenvalue weighted by Crippen LogP contribution is -2.39. The zero-order valence-corrected chi connectivity index (χ0v) is 18.7. The van der Waals surface area contributed by atoms with Crippen LogP contribution in [0, 0.1) is 11.7 Å². The molecule has 0 unspecified atom stereocenters. The van der Waals surface area contributed by atoms with Crippen LogP contribution in [0.15, 0.2) is 59.8 Å². The Morgan fingerprint density at radius 2 is 1.71 bits per heavy atom. The third-order valence-electron chi connectivity index (χ3n) is 5.22. The van der Waals surface area contributed by atoms with Crippen LogP contribution in [0.3, 0.4) is 0 Å². The molecule has 0 saturated heterocycles. The predicted molar refractivity (Wildman–Crippen MR) is 116 cm³/mol. The van der Waals surface area contributed by atoms with E-state index in [2.05, 4.69) is 14.8 Å². The topological polar surface area (TPSA) is 115 Å². The highest BCUT2D eigenvalue weighted by molar-refractivity contribution is 7.89. The van der Waals surface area contributed by atoms with Crippen LogP contribution in [-0.4, -0.2) is 41.5 Å². The van der Waals surface area contributed by atoms with Crippen molar-refractivity contribution in [3.8, 4) is 22.3 Å². The van der Waals surface area contributed by atoms with E-state index in [4.69, 9.17) is 5.73 Å². The number of nitrogen functional groups attached to an aromatic ring is 1. The minimum atomic E-state index is -5.39. The molecule has 8 nitrogen and oxygen atoms in total. The molecule has 1 saturated carbocycles. The van der Waals surface area contributed by atoms with Crippen LogP contribution in [0.4, 0.5) is 23.5 Å². The SMILES string of the molecule is Nc1ncc(-c2ccc(-c3ccccc3S(=O)(=O)N(CC3CC3)OC(=O)C(F)(F)F)cc2F)cn1. The van der Waals surface area contributed by atoms with E-state index in [9.17, 15) is 30.8 Å². The zero-order chi connectivity index (χ0) is 25.4. The maximum Gasteiger partial charge on any atom is 0.492 e. The number of alkyl halides is 3. The van der Waals surface area contributed by atoms with Gasteiger partial charge in [-0.3, -0.25) is 0 Å². The molecule has 1 heterocycles. The molecule has 2 aromatic carbocycles. The quantitative estimate of drug-likeness (QED) is 0.378. The van der Waals surface area contributed by atoms with Crippen LogP contribution in [0.5, 0.6) is 0 Å². The van der Waals surface area contributed by atoms with Crippen LogP contribution in [-0.2, 0) is 19.7 Å². The summed E-state index contributed by atoms with van der Waals surface area (Å²) in [7, 11) is -4.74. The molecule has 0 bridgehead atoms. The van der Waals surface area contributed by atoms with Gasteiger partial charge in [0, 0.05) is 29.1 Å². The van der Waals surface area contributed by atoms with E-state index >= 15 is 0 Å². The molecule has 1 aromatic heterocycles. The Kier molecular flexibility index (Phi) is 6.47. The highest BCUT2D eigenvalue weighted by atomic mass is 32.2. The maximum atomic E-state index is 15.0. The molecule has 13 heteroatoms. The van der Waals surface area contributed by atoms with Gasteiger partial charge in [0.25, 0.3) is 10.0 Å². The molecule has 0 atom stereocenters. The molecule has 0 aliphatic heterocycles. The van der Waals surface area contributed by atoms with E-state index in [1.165, 1.54) is 42.7 Å². The van der Waals surface area contributed by atoms with Gasteiger partial charge in [0.2, 0.25) is 5.95 Å². The second kappa shape index (κ2) is 9.23. The normalized spacial score (nSPS) is 14.2. The van der Waals surface area contributed by atoms with Gasteiger partial charge in [-0.25, -0.2) is 27.6 Å². The standard InChI is InChI=1S/C22H18F4N4O4S/c23-18-9-14(7-8-16(18)15-10-28-21(27)29-11-15)17-3-1-2-4-19(17)35(32,33)30(12-13-5-6-13)34-20(31)22(24,25)26/h1-4,7-11,13H,5-6,12H2,(H2,27,28,29). The lowest BCUT2D eigenvalue weighted by atomic mass is 10.0. The first-order valence-corrected chi connectivity index (χ1v) is 11.7. The number of rotatable bonds is 7. The first-order chi connectivity index (χ1) is 16.5. The Morgan fingerprint density at radius 3 is 2.31 bits per heavy atom. The number of hydrogen-bond donors (Lipinski definition) is 1. The minimum Gasteiger partial charge on any atom is -0.368 e. The van der Waals surface area contributed by atoms with Crippen LogP contribution in [0.25, 0.3) is 22.3 Å². The smallest absolute Gasteiger partial charge is 0.368 e. The number of hydrogen-bond acceptors (Lipinski definition) is 7. The third kappa shape index (κ3) is 5.41. The van der Waals surface area contributed by atoms with Gasteiger partial charge in [-0.15, -0.1) is 0 Å². The number of sulfonamides is 1. The molecule has 2 N–H and O–H groups in total. The second-order valence-corrected chi connectivity index (χ2v) is 9.63. The van der Waals surface area contributed by atoms with E-state index in [0.29, 0.717) is 18.4 Å². The van der Waals surface area contributed by atoms with E-state index in [0.717, 1.165) is 12.1 Å². The molecule has 0 spiro atoms. The molecule has 1 aliphatic carbocycles.